The molecule has 30 heavy (non-hydrogen) atoms. The molecule has 158 valence electrons. The van der Waals surface area contributed by atoms with Crippen LogP contribution < -0.4 is 0 Å². The first-order chi connectivity index (χ1) is 14.3. The Hall–Kier alpha value is -2.70. The predicted octanol–water partition coefficient (Wildman–Crippen LogP) is 4.72. The van der Waals surface area contributed by atoms with Crippen molar-refractivity contribution in [3.8, 4) is 0 Å². The molecule has 0 spiro atoms. The van der Waals surface area contributed by atoms with Crippen LogP contribution in [0.1, 0.15) is 37.4 Å². The van der Waals surface area contributed by atoms with E-state index in [9.17, 15) is 19.1 Å². The van der Waals surface area contributed by atoms with Crippen LogP contribution in [0.2, 0.25) is 5.02 Å². The summed E-state index contributed by atoms with van der Waals surface area (Å²) in [5, 5.41) is 11.3. The van der Waals surface area contributed by atoms with Gasteiger partial charge in [0.25, 0.3) is 11.7 Å². The summed E-state index contributed by atoms with van der Waals surface area (Å²) in [6.45, 7) is 4.38. The van der Waals surface area contributed by atoms with E-state index in [-0.39, 0.29) is 29.5 Å². The maximum Gasteiger partial charge on any atom is 0.295 e. The Morgan fingerprint density at radius 3 is 2.47 bits per heavy atom. The summed E-state index contributed by atoms with van der Waals surface area (Å²) in [6.07, 6.45) is 0.504. The van der Waals surface area contributed by atoms with E-state index in [1.165, 1.54) is 23.1 Å². The maximum atomic E-state index is 14.7. The molecule has 0 aliphatic carbocycles. The fraction of sp³-hybridized carbons (Fsp3) is 0.304. The zero-order valence-corrected chi connectivity index (χ0v) is 17.5. The highest BCUT2D eigenvalue weighted by molar-refractivity contribution is 6.46. The lowest BCUT2D eigenvalue weighted by Gasteiger charge is -2.25. The molecule has 1 aliphatic heterocycles. The Balaban J connectivity index is 2.04. The highest BCUT2D eigenvalue weighted by Gasteiger charge is 2.46. The van der Waals surface area contributed by atoms with Crippen molar-refractivity contribution in [2.45, 2.75) is 32.4 Å². The number of benzene rings is 2. The van der Waals surface area contributed by atoms with E-state index in [0.717, 1.165) is 0 Å². The van der Waals surface area contributed by atoms with Crippen LogP contribution in [-0.4, -0.2) is 41.0 Å². The molecule has 2 aromatic rings. The Morgan fingerprint density at radius 1 is 1.17 bits per heavy atom. The highest BCUT2D eigenvalue weighted by Crippen LogP contribution is 2.40. The smallest absolute Gasteiger partial charge is 0.295 e. The number of rotatable bonds is 7. The van der Waals surface area contributed by atoms with Crippen LogP contribution in [-0.2, 0) is 14.3 Å². The fourth-order valence-corrected chi connectivity index (χ4v) is 3.57. The molecule has 7 heteroatoms. The minimum atomic E-state index is -1.03. The number of Topliss-reactive ketones (excluding diaryl/α,β-unsaturated/α-hetero) is 1. The summed E-state index contributed by atoms with van der Waals surface area (Å²) >= 11 is 5.90. The second-order valence-corrected chi connectivity index (χ2v) is 7.73. The van der Waals surface area contributed by atoms with Crippen molar-refractivity contribution in [2.75, 3.05) is 13.2 Å². The topological polar surface area (TPSA) is 66.8 Å². The van der Waals surface area contributed by atoms with E-state index in [1.54, 1.807) is 30.3 Å². The van der Waals surface area contributed by atoms with Gasteiger partial charge in [-0.2, -0.15) is 0 Å². The Bertz CT molecular complexity index is 971. The normalized spacial score (nSPS) is 18.4. The van der Waals surface area contributed by atoms with Crippen LogP contribution in [0.15, 0.2) is 54.1 Å². The molecule has 0 saturated carbocycles. The van der Waals surface area contributed by atoms with Gasteiger partial charge in [0.2, 0.25) is 0 Å². The number of carbonyl (C=O) groups is 2. The number of amides is 1. The summed E-state index contributed by atoms with van der Waals surface area (Å²) in [5.41, 5.74) is 0.330. The van der Waals surface area contributed by atoms with Gasteiger partial charge in [0.05, 0.1) is 17.7 Å². The Morgan fingerprint density at radius 2 is 1.83 bits per heavy atom. The van der Waals surface area contributed by atoms with Crippen LogP contribution in [0.5, 0.6) is 0 Å². The zero-order chi connectivity index (χ0) is 21.8. The fourth-order valence-electron chi connectivity index (χ4n) is 3.45. The molecule has 0 aromatic heterocycles. The first-order valence-electron chi connectivity index (χ1n) is 9.71. The largest absolute Gasteiger partial charge is 0.507 e. The first kappa shape index (κ1) is 22.0. The number of aliphatic hydroxyl groups is 1. The molecular formula is C23H23ClFNO4. The van der Waals surface area contributed by atoms with Crippen molar-refractivity contribution in [1.29, 1.82) is 0 Å². The quantitative estimate of drug-likeness (QED) is 0.298. The first-order valence-corrected chi connectivity index (χ1v) is 10.1. The SMILES string of the molecule is CC(C)OCCCN1C(=O)C(=O)C(=C(O)c2ccc(Cl)cc2)[C@H]1c1ccccc1F. The molecule has 0 radical (unpaired) electrons. The molecule has 1 aliphatic rings. The minimum Gasteiger partial charge on any atom is -0.507 e. The molecule has 0 bridgehead atoms. The van der Waals surface area contributed by atoms with Crippen molar-refractivity contribution in [2.24, 2.45) is 0 Å². The minimum absolute atomic E-state index is 0.0349. The number of hydrogen-bond acceptors (Lipinski definition) is 4. The number of ketones is 1. The lowest BCUT2D eigenvalue weighted by Crippen LogP contribution is -2.31. The number of aliphatic hydroxyl groups excluding tert-OH is 1. The molecule has 1 heterocycles. The second kappa shape index (κ2) is 9.41. The van der Waals surface area contributed by atoms with Crippen molar-refractivity contribution in [1.82, 2.24) is 4.90 Å². The molecule has 5 nitrogen and oxygen atoms in total. The third kappa shape index (κ3) is 4.55. The number of hydrogen-bond donors (Lipinski definition) is 1. The molecule has 2 aromatic carbocycles. The third-order valence-electron chi connectivity index (χ3n) is 4.85. The van der Waals surface area contributed by atoms with Crippen LogP contribution in [0.25, 0.3) is 5.76 Å². The maximum absolute atomic E-state index is 14.7. The molecule has 1 amide bonds. The monoisotopic (exact) mass is 431 g/mol. The summed E-state index contributed by atoms with van der Waals surface area (Å²) in [6, 6.07) is 11.1. The molecule has 1 fully saturated rings. The summed E-state index contributed by atoms with van der Waals surface area (Å²) in [5.74, 6) is -2.54. The Labute approximate surface area is 179 Å². The number of carbonyl (C=O) groups excluding carboxylic acids is 2. The second-order valence-electron chi connectivity index (χ2n) is 7.29. The zero-order valence-electron chi connectivity index (χ0n) is 16.8. The highest BCUT2D eigenvalue weighted by atomic mass is 35.5. The number of likely N-dealkylation sites (tertiary alicyclic amines) is 1. The van der Waals surface area contributed by atoms with Crippen molar-refractivity contribution in [3.63, 3.8) is 0 Å². The van der Waals surface area contributed by atoms with Crippen LogP contribution in [0, 0.1) is 5.82 Å². The molecule has 1 saturated heterocycles. The third-order valence-corrected chi connectivity index (χ3v) is 5.10. The average Bonchev–Trinajstić information content (AvgIpc) is 2.96. The van der Waals surface area contributed by atoms with Gasteiger partial charge >= 0.3 is 0 Å². The van der Waals surface area contributed by atoms with Gasteiger partial charge in [0.1, 0.15) is 11.6 Å². The van der Waals surface area contributed by atoms with E-state index in [0.29, 0.717) is 23.6 Å². The number of halogens is 2. The van der Waals surface area contributed by atoms with Crippen LogP contribution in [0.4, 0.5) is 4.39 Å². The van der Waals surface area contributed by atoms with Gasteiger partial charge in [0.15, 0.2) is 0 Å². The lowest BCUT2D eigenvalue weighted by atomic mass is 9.95. The van der Waals surface area contributed by atoms with Crippen molar-refractivity contribution < 1.29 is 23.8 Å². The van der Waals surface area contributed by atoms with Gasteiger partial charge in [-0.15, -0.1) is 0 Å². The van der Waals surface area contributed by atoms with Gasteiger partial charge in [-0.05, 0) is 50.6 Å². The van der Waals surface area contributed by atoms with Gasteiger partial charge in [-0.1, -0.05) is 29.8 Å². The molecule has 3 rings (SSSR count). The van der Waals surface area contributed by atoms with Crippen LogP contribution in [0.3, 0.4) is 0 Å². The number of ether oxygens (including phenoxy) is 1. The van der Waals surface area contributed by atoms with E-state index in [1.807, 2.05) is 13.8 Å². The summed E-state index contributed by atoms with van der Waals surface area (Å²) < 4.78 is 20.2. The molecular weight excluding hydrogens is 409 g/mol. The van der Waals surface area contributed by atoms with Crippen molar-refractivity contribution >= 4 is 29.1 Å². The standard InChI is InChI=1S/C23H23ClFNO4/c1-14(2)30-13-5-12-26-20(17-6-3-4-7-18(17)25)19(22(28)23(26)29)21(27)15-8-10-16(24)11-9-15/h3-4,6-11,14,20,27H,5,12-13H2,1-2H3/t20-/m1/s1. The van der Waals surface area contributed by atoms with E-state index < -0.39 is 23.5 Å². The average molecular weight is 432 g/mol. The van der Waals surface area contributed by atoms with E-state index >= 15 is 0 Å². The lowest BCUT2D eigenvalue weighted by molar-refractivity contribution is -0.140. The van der Waals surface area contributed by atoms with Gasteiger partial charge in [-0.3, -0.25) is 9.59 Å². The van der Waals surface area contributed by atoms with Gasteiger partial charge in [0, 0.05) is 29.3 Å². The predicted molar refractivity (Wildman–Crippen MR) is 113 cm³/mol. The van der Waals surface area contributed by atoms with Gasteiger partial charge in [-0.25, -0.2) is 4.39 Å². The van der Waals surface area contributed by atoms with Crippen molar-refractivity contribution in [3.05, 3.63) is 76.1 Å². The molecule has 1 atom stereocenters. The van der Waals surface area contributed by atoms with Gasteiger partial charge < -0.3 is 14.7 Å². The molecule has 1 N–H and O–H groups in total. The number of nitrogens with zero attached hydrogens (tertiary/aromatic N) is 1. The summed E-state index contributed by atoms with van der Waals surface area (Å²) in [4.78, 5) is 26.9. The molecule has 0 unspecified atom stereocenters. The summed E-state index contributed by atoms with van der Waals surface area (Å²) in [7, 11) is 0. The van der Waals surface area contributed by atoms with Crippen LogP contribution >= 0.6 is 11.6 Å². The van der Waals surface area contributed by atoms with E-state index in [4.69, 9.17) is 16.3 Å². The Kier molecular flexibility index (Phi) is 6.90. The van der Waals surface area contributed by atoms with E-state index in [2.05, 4.69) is 0 Å².